The van der Waals surface area contributed by atoms with Crippen molar-refractivity contribution in [1.29, 1.82) is 0 Å². The Kier molecular flexibility index (Phi) is 6.33. The quantitative estimate of drug-likeness (QED) is 0.737. The summed E-state index contributed by atoms with van der Waals surface area (Å²) >= 11 is 0. The molecule has 3 heteroatoms. The molecule has 0 bridgehead atoms. The minimum atomic E-state index is 0.610. The molecule has 0 radical (unpaired) electrons. The highest BCUT2D eigenvalue weighted by molar-refractivity contribution is 5.22. The third-order valence-electron chi connectivity index (χ3n) is 2.23. The van der Waals surface area contributed by atoms with Crippen LogP contribution in [0.3, 0.4) is 0 Å². The SMILES string of the molecule is CC=CCOc1ccnc(CNCC(C)C)c1. The van der Waals surface area contributed by atoms with Crippen LogP contribution in [0.1, 0.15) is 26.5 Å². The summed E-state index contributed by atoms with van der Waals surface area (Å²) in [5.74, 6) is 1.53. The normalized spacial score (nSPS) is 11.3. The van der Waals surface area contributed by atoms with Crippen molar-refractivity contribution in [3.63, 3.8) is 0 Å². The van der Waals surface area contributed by atoms with Crippen LogP contribution in [0, 0.1) is 5.92 Å². The van der Waals surface area contributed by atoms with Gasteiger partial charge in [0.15, 0.2) is 0 Å². The monoisotopic (exact) mass is 234 g/mol. The molecule has 94 valence electrons. The minimum Gasteiger partial charge on any atom is -0.489 e. The molecule has 0 aliphatic carbocycles. The molecule has 0 aromatic carbocycles. The Morgan fingerprint density at radius 1 is 1.47 bits per heavy atom. The standard InChI is InChI=1S/C14H22N2O/c1-4-5-8-17-14-6-7-16-13(9-14)11-15-10-12(2)3/h4-7,9,12,15H,8,10-11H2,1-3H3. The van der Waals surface area contributed by atoms with E-state index >= 15 is 0 Å². The van der Waals surface area contributed by atoms with Crippen molar-refractivity contribution < 1.29 is 4.74 Å². The first-order valence-corrected chi connectivity index (χ1v) is 6.12. The van der Waals surface area contributed by atoms with Crippen molar-refractivity contribution in [3.05, 3.63) is 36.2 Å². The topological polar surface area (TPSA) is 34.1 Å². The third-order valence-corrected chi connectivity index (χ3v) is 2.23. The van der Waals surface area contributed by atoms with Crippen molar-refractivity contribution in [1.82, 2.24) is 10.3 Å². The highest BCUT2D eigenvalue weighted by Gasteiger charge is 1.98. The Balaban J connectivity index is 2.42. The van der Waals surface area contributed by atoms with Gasteiger partial charge in [-0.05, 0) is 25.5 Å². The third kappa shape index (κ3) is 6.07. The van der Waals surface area contributed by atoms with E-state index in [1.807, 2.05) is 31.2 Å². The fourth-order valence-corrected chi connectivity index (χ4v) is 1.37. The van der Waals surface area contributed by atoms with E-state index in [1.165, 1.54) is 0 Å². The zero-order valence-electron chi connectivity index (χ0n) is 10.9. The second-order valence-electron chi connectivity index (χ2n) is 4.39. The minimum absolute atomic E-state index is 0.610. The zero-order chi connectivity index (χ0) is 12.5. The van der Waals surface area contributed by atoms with Crippen LogP contribution in [0.5, 0.6) is 5.75 Å². The summed E-state index contributed by atoms with van der Waals surface area (Å²) in [6.07, 6.45) is 5.75. The Morgan fingerprint density at radius 2 is 2.29 bits per heavy atom. The van der Waals surface area contributed by atoms with E-state index in [0.717, 1.165) is 24.5 Å². The van der Waals surface area contributed by atoms with Gasteiger partial charge < -0.3 is 10.1 Å². The van der Waals surface area contributed by atoms with E-state index in [1.54, 1.807) is 6.20 Å². The first-order valence-electron chi connectivity index (χ1n) is 6.12. The molecule has 0 amide bonds. The molecule has 0 spiro atoms. The molecule has 0 atom stereocenters. The van der Waals surface area contributed by atoms with Crippen LogP contribution in [-0.2, 0) is 6.54 Å². The number of pyridine rings is 1. The van der Waals surface area contributed by atoms with Gasteiger partial charge in [-0.15, -0.1) is 0 Å². The first kappa shape index (κ1) is 13.7. The van der Waals surface area contributed by atoms with Crippen molar-refractivity contribution in [2.75, 3.05) is 13.2 Å². The maximum atomic E-state index is 5.56. The molecule has 1 rings (SSSR count). The van der Waals surface area contributed by atoms with Gasteiger partial charge in [-0.3, -0.25) is 4.98 Å². The Bertz CT molecular complexity index is 348. The van der Waals surface area contributed by atoms with Gasteiger partial charge in [0.1, 0.15) is 12.4 Å². The van der Waals surface area contributed by atoms with Gasteiger partial charge in [-0.2, -0.15) is 0 Å². The lowest BCUT2D eigenvalue weighted by Gasteiger charge is -2.08. The molecule has 0 unspecified atom stereocenters. The number of hydrogen-bond donors (Lipinski definition) is 1. The average Bonchev–Trinajstić information content (AvgIpc) is 2.29. The van der Waals surface area contributed by atoms with Gasteiger partial charge in [-0.25, -0.2) is 0 Å². The van der Waals surface area contributed by atoms with Crippen molar-refractivity contribution in [2.45, 2.75) is 27.3 Å². The Morgan fingerprint density at radius 3 is 3.00 bits per heavy atom. The van der Waals surface area contributed by atoms with Crippen LogP contribution in [0.25, 0.3) is 0 Å². The predicted molar refractivity (Wildman–Crippen MR) is 71.1 cm³/mol. The summed E-state index contributed by atoms with van der Waals surface area (Å²) in [4.78, 5) is 4.30. The van der Waals surface area contributed by atoms with Gasteiger partial charge in [0.2, 0.25) is 0 Å². The highest BCUT2D eigenvalue weighted by atomic mass is 16.5. The Labute approximate surface area is 104 Å². The lowest BCUT2D eigenvalue weighted by molar-refractivity contribution is 0.361. The molecule has 17 heavy (non-hydrogen) atoms. The number of nitrogens with zero attached hydrogens (tertiary/aromatic N) is 1. The van der Waals surface area contributed by atoms with E-state index in [4.69, 9.17) is 4.74 Å². The number of aromatic nitrogens is 1. The summed E-state index contributed by atoms with van der Waals surface area (Å²) in [7, 11) is 0. The van der Waals surface area contributed by atoms with Crippen LogP contribution in [0.2, 0.25) is 0 Å². The lowest BCUT2D eigenvalue weighted by Crippen LogP contribution is -2.19. The van der Waals surface area contributed by atoms with Crippen LogP contribution < -0.4 is 10.1 Å². The molecule has 0 aliphatic rings. The summed E-state index contributed by atoms with van der Waals surface area (Å²) in [6, 6.07) is 3.87. The molecule has 1 N–H and O–H groups in total. The van der Waals surface area contributed by atoms with Crippen molar-refractivity contribution in [2.24, 2.45) is 5.92 Å². The summed E-state index contributed by atoms with van der Waals surface area (Å²) in [5, 5.41) is 3.36. The first-order chi connectivity index (χ1) is 8.22. The molecule has 1 heterocycles. The second kappa shape index (κ2) is 7.85. The van der Waals surface area contributed by atoms with E-state index in [-0.39, 0.29) is 0 Å². The molecule has 1 aromatic rings. The maximum absolute atomic E-state index is 5.56. The van der Waals surface area contributed by atoms with E-state index < -0.39 is 0 Å². The maximum Gasteiger partial charge on any atom is 0.123 e. The second-order valence-corrected chi connectivity index (χ2v) is 4.39. The molecule has 3 nitrogen and oxygen atoms in total. The van der Waals surface area contributed by atoms with Crippen LogP contribution in [-0.4, -0.2) is 18.1 Å². The molecule has 0 saturated heterocycles. The van der Waals surface area contributed by atoms with E-state index in [9.17, 15) is 0 Å². The number of allylic oxidation sites excluding steroid dienone is 1. The fraction of sp³-hybridized carbons (Fsp3) is 0.500. The van der Waals surface area contributed by atoms with Crippen molar-refractivity contribution in [3.8, 4) is 5.75 Å². The van der Waals surface area contributed by atoms with Crippen LogP contribution >= 0.6 is 0 Å². The molecule has 0 aliphatic heterocycles. The summed E-state index contributed by atoms with van der Waals surface area (Å²) < 4.78 is 5.56. The van der Waals surface area contributed by atoms with Gasteiger partial charge in [0.25, 0.3) is 0 Å². The number of nitrogens with one attached hydrogen (secondary N) is 1. The number of hydrogen-bond acceptors (Lipinski definition) is 3. The Hall–Kier alpha value is -1.35. The van der Waals surface area contributed by atoms with Crippen molar-refractivity contribution >= 4 is 0 Å². The largest absolute Gasteiger partial charge is 0.489 e. The van der Waals surface area contributed by atoms with Crippen LogP contribution in [0.4, 0.5) is 0 Å². The average molecular weight is 234 g/mol. The van der Waals surface area contributed by atoms with Gasteiger partial charge in [-0.1, -0.05) is 26.0 Å². The van der Waals surface area contributed by atoms with E-state index in [0.29, 0.717) is 12.5 Å². The highest BCUT2D eigenvalue weighted by Crippen LogP contribution is 2.10. The van der Waals surface area contributed by atoms with E-state index in [2.05, 4.69) is 24.1 Å². The molecule has 0 saturated carbocycles. The molecule has 0 fully saturated rings. The lowest BCUT2D eigenvalue weighted by atomic mass is 10.2. The number of rotatable bonds is 7. The van der Waals surface area contributed by atoms with Gasteiger partial charge in [0.05, 0.1) is 5.69 Å². The molecule has 1 aromatic heterocycles. The fourth-order valence-electron chi connectivity index (χ4n) is 1.37. The van der Waals surface area contributed by atoms with Crippen LogP contribution in [0.15, 0.2) is 30.5 Å². The zero-order valence-corrected chi connectivity index (χ0v) is 10.9. The summed E-state index contributed by atoms with van der Waals surface area (Å²) in [5.41, 5.74) is 1.02. The molecular formula is C14H22N2O. The number of ether oxygens (including phenoxy) is 1. The van der Waals surface area contributed by atoms with Gasteiger partial charge in [0, 0.05) is 18.8 Å². The smallest absolute Gasteiger partial charge is 0.123 e. The predicted octanol–water partition coefficient (Wildman–Crippen LogP) is 2.78. The molecular weight excluding hydrogens is 212 g/mol. The van der Waals surface area contributed by atoms with Gasteiger partial charge >= 0.3 is 0 Å². The summed E-state index contributed by atoms with van der Waals surface area (Å²) in [6.45, 7) is 8.77.